The summed E-state index contributed by atoms with van der Waals surface area (Å²) in [5.74, 6) is 1.02. The summed E-state index contributed by atoms with van der Waals surface area (Å²) in [5.41, 5.74) is 6.29. The minimum Gasteiger partial charge on any atom is -0.479 e. The number of ether oxygens (including phenoxy) is 2. The number of methoxy groups -OCH3 is 1. The van der Waals surface area contributed by atoms with Crippen LogP contribution < -0.4 is 15.8 Å². The third-order valence-corrected chi connectivity index (χ3v) is 2.82. The van der Waals surface area contributed by atoms with Crippen molar-refractivity contribution < 1.29 is 9.47 Å². The zero-order valence-corrected chi connectivity index (χ0v) is 9.98. The molecule has 1 aromatic rings. The Morgan fingerprint density at radius 2 is 2.47 bits per heavy atom. The van der Waals surface area contributed by atoms with Crippen molar-refractivity contribution in [1.29, 1.82) is 0 Å². The van der Waals surface area contributed by atoms with Crippen molar-refractivity contribution in [3.05, 3.63) is 6.33 Å². The molecule has 0 radical (unpaired) electrons. The van der Waals surface area contributed by atoms with Crippen molar-refractivity contribution in [2.45, 2.75) is 25.4 Å². The van der Waals surface area contributed by atoms with Gasteiger partial charge in [-0.25, -0.2) is 4.98 Å². The number of nitrogens with two attached hydrogens (primary N) is 1. The molecule has 0 saturated carbocycles. The first kappa shape index (κ1) is 11.9. The van der Waals surface area contributed by atoms with Crippen LogP contribution in [0.3, 0.4) is 0 Å². The topological polar surface area (TPSA) is 82.3 Å². The molecule has 0 aromatic carbocycles. The fraction of sp³-hybridized carbons (Fsp3) is 0.636. The first-order valence-electron chi connectivity index (χ1n) is 5.81. The predicted molar refractivity (Wildman–Crippen MR) is 65.1 cm³/mol. The molecular weight excluding hydrogens is 220 g/mol. The number of aromatic nitrogens is 2. The maximum Gasteiger partial charge on any atom is 0.242 e. The number of anilines is 2. The number of rotatable bonds is 5. The van der Waals surface area contributed by atoms with E-state index in [0.29, 0.717) is 23.5 Å². The molecule has 6 nitrogen and oxygen atoms in total. The van der Waals surface area contributed by atoms with Crippen LogP contribution >= 0.6 is 0 Å². The summed E-state index contributed by atoms with van der Waals surface area (Å²) in [6.07, 6.45) is 5.07. The monoisotopic (exact) mass is 238 g/mol. The van der Waals surface area contributed by atoms with Gasteiger partial charge in [-0.3, -0.25) is 0 Å². The molecule has 2 heterocycles. The van der Waals surface area contributed by atoms with Gasteiger partial charge in [-0.2, -0.15) is 4.98 Å². The van der Waals surface area contributed by atoms with Gasteiger partial charge in [-0.1, -0.05) is 0 Å². The highest BCUT2D eigenvalue weighted by Crippen LogP contribution is 2.24. The van der Waals surface area contributed by atoms with E-state index in [1.54, 1.807) is 0 Å². The molecule has 6 heteroatoms. The molecule has 1 unspecified atom stereocenters. The van der Waals surface area contributed by atoms with Crippen LogP contribution in [0.5, 0.6) is 5.88 Å². The van der Waals surface area contributed by atoms with E-state index in [-0.39, 0.29) is 0 Å². The molecule has 3 N–H and O–H groups in total. The summed E-state index contributed by atoms with van der Waals surface area (Å²) in [6.45, 7) is 1.67. The summed E-state index contributed by atoms with van der Waals surface area (Å²) in [4.78, 5) is 8.00. The van der Waals surface area contributed by atoms with Gasteiger partial charge in [0.15, 0.2) is 5.82 Å². The predicted octanol–water partition coefficient (Wildman–Crippen LogP) is 1.05. The highest BCUT2D eigenvalue weighted by atomic mass is 16.5. The number of hydrogen-bond donors (Lipinski definition) is 2. The Balaban J connectivity index is 1.85. The number of nitrogens with one attached hydrogen (secondary N) is 1. The average molecular weight is 238 g/mol. The average Bonchev–Trinajstić information content (AvgIpc) is 2.84. The first-order chi connectivity index (χ1) is 8.31. The molecule has 1 aliphatic heterocycles. The second-order valence-corrected chi connectivity index (χ2v) is 4.00. The molecule has 0 aliphatic carbocycles. The van der Waals surface area contributed by atoms with Gasteiger partial charge in [-0.15, -0.1) is 0 Å². The Labute approximate surface area is 101 Å². The molecule has 1 fully saturated rings. The van der Waals surface area contributed by atoms with E-state index in [9.17, 15) is 0 Å². The molecule has 2 rings (SSSR count). The van der Waals surface area contributed by atoms with Gasteiger partial charge in [0.2, 0.25) is 5.88 Å². The van der Waals surface area contributed by atoms with E-state index < -0.39 is 0 Å². The molecule has 0 amide bonds. The van der Waals surface area contributed by atoms with Crippen LogP contribution in [0.15, 0.2) is 6.33 Å². The SMILES string of the molecule is COc1ncnc(NCCC2CCCO2)c1N. The van der Waals surface area contributed by atoms with E-state index in [0.717, 1.165) is 32.4 Å². The normalized spacial score (nSPS) is 19.2. The van der Waals surface area contributed by atoms with E-state index in [1.165, 1.54) is 13.4 Å². The minimum atomic E-state index is 0.368. The van der Waals surface area contributed by atoms with Gasteiger partial charge in [0, 0.05) is 13.2 Å². The summed E-state index contributed by atoms with van der Waals surface area (Å²) in [5, 5.41) is 3.18. The standard InChI is InChI=1S/C11H18N4O2/c1-16-11-9(12)10(14-7-15-11)13-5-4-8-3-2-6-17-8/h7-8H,2-6,12H2,1H3,(H,13,14,15). The van der Waals surface area contributed by atoms with Gasteiger partial charge in [0.1, 0.15) is 12.0 Å². The van der Waals surface area contributed by atoms with Gasteiger partial charge in [-0.05, 0) is 19.3 Å². The lowest BCUT2D eigenvalue weighted by Gasteiger charge is -2.12. The Hall–Kier alpha value is -1.56. The number of hydrogen-bond acceptors (Lipinski definition) is 6. The molecule has 1 aromatic heterocycles. The van der Waals surface area contributed by atoms with Gasteiger partial charge in [0.25, 0.3) is 0 Å². The number of nitrogens with zero attached hydrogens (tertiary/aromatic N) is 2. The van der Waals surface area contributed by atoms with Crippen LogP contribution in [0.2, 0.25) is 0 Å². The molecule has 94 valence electrons. The zero-order chi connectivity index (χ0) is 12.1. The van der Waals surface area contributed by atoms with Crippen molar-refractivity contribution in [3.63, 3.8) is 0 Å². The second kappa shape index (κ2) is 5.67. The van der Waals surface area contributed by atoms with Crippen molar-refractivity contribution in [1.82, 2.24) is 9.97 Å². The fourth-order valence-electron chi connectivity index (χ4n) is 1.91. The Bertz CT molecular complexity index is 366. The molecule has 0 spiro atoms. The van der Waals surface area contributed by atoms with E-state index in [4.69, 9.17) is 15.2 Å². The summed E-state index contributed by atoms with van der Waals surface area (Å²) in [6, 6.07) is 0. The molecule has 1 saturated heterocycles. The lowest BCUT2D eigenvalue weighted by atomic mass is 10.2. The summed E-state index contributed by atoms with van der Waals surface area (Å²) in [7, 11) is 1.54. The molecule has 1 aliphatic rings. The number of nitrogen functional groups attached to an aromatic ring is 1. The largest absolute Gasteiger partial charge is 0.479 e. The lowest BCUT2D eigenvalue weighted by Crippen LogP contribution is -2.14. The van der Waals surface area contributed by atoms with Crippen LogP contribution in [-0.2, 0) is 4.74 Å². The molecule has 1 atom stereocenters. The Morgan fingerprint density at radius 3 is 3.18 bits per heavy atom. The van der Waals surface area contributed by atoms with Crippen LogP contribution in [0.1, 0.15) is 19.3 Å². The Kier molecular flexibility index (Phi) is 3.98. The smallest absolute Gasteiger partial charge is 0.242 e. The van der Waals surface area contributed by atoms with Gasteiger partial charge >= 0.3 is 0 Å². The van der Waals surface area contributed by atoms with Crippen LogP contribution in [0.4, 0.5) is 11.5 Å². The van der Waals surface area contributed by atoms with Gasteiger partial charge < -0.3 is 20.5 Å². The maximum absolute atomic E-state index is 5.84. The minimum absolute atomic E-state index is 0.368. The van der Waals surface area contributed by atoms with Crippen molar-refractivity contribution in [3.8, 4) is 5.88 Å². The quantitative estimate of drug-likeness (QED) is 0.797. The maximum atomic E-state index is 5.84. The fourth-order valence-corrected chi connectivity index (χ4v) is 1.91. The van der Waals surface area contributed by atoms with Crippen LogP contribution in [0.25, 0.3) is 0 Å². The van der Waals surface area contributed by atoms with E-state index >= 15 is 0 Å². The van der Waals surface area contributed by atoms with Crippen LogP contribution in [0, 0.1) is 0 Å². The molecule has 0 bridgehead atoms. The molecular formula is C11H18N4O2. The van der Waals surface area contributed by atoms with E-state index in [2.05, 4.69) is 15.3 Å². The van der Waals surface area contributed by atoms with Gasteiger partial charge in [0.05, 0.1) is 13.2 Å². The van der Waals surface area contributed by atoms with Crippen molar-refractivity contribution >= 4 is 11.5 Å². The first-order valence-corrected chi connectivity index (χ1v) is 5.81. The zero-order valence-electron chi connectivity index (χ0n) is 9.98. The second-order valence-electron chi connectivity index (χ2n) is 4.00. The third kappa shape index (κ3) is 2.97. The highest BCUT2D eigenvalue weighted by Gasteiger charge is 2.15. The highest BCUT2D eigenvalue weighted by molar-refractivity contribution is 5.66. The summed E-state index contributed by atoms with van der Waals surface area (Å²) < 4.78 is 10.6. The summed E-state index contributed by atoms with van der Waals surface area (Å²) >= 11 is 0. The van der Waals surface area contributed by atoms with Crippen molar-refractivity contribution in [2.24, 2.45) is 0 Å². The van der Waals surface area contributed by atoms with Crippen LogP contribution in [-0.4, -0.2) is 36.3 Å². The lowest BCUT2D eigenvalue weighted by molar-refractivity contribution is 0.107. The third-order valence-electron chi connectivity index (χ3n) is 2.82. The Morgan fingerprint density at radius 1 is 1.59 bits per heavy atom. The van der Waals surface area contributed by atoms with E-state index in [1.807, 2.05) is 0 Å². The molecule has 17 heavy (non-hydrogen) atoms. The van der Waals surface area contributed by atoms with Crippen molar-refractivity contribution in [2.75, 3.05) is 31.3 Å².